The minimum Gasteiger partial charge on any atom is -0.352 e. The first-order valence-corrected chi connectivity index (χ1v) is 12.7. The average Bonchev–Trinajstić information content (AvgIpc) is 3.18. The summed E-state index contributed by atoms with van der Waals surface area (Å²) >= 11 is 0. The molecule has 1 heterocycles. The Labute approximate surface area is 197 Å². The number of fused-ring (bicyclic) bond motifs is 1. The average molecular weight is 452 g/mol. The van der Waals surface area contributed by atoms with E-state index in [1.165, 1.54) is 80.6 Å². The van der Waals surface area contributed by atoms with Crippen LogP contribution in [0.5, 0.6) is 0 Å². The highest BCUT2D eigenvalue weighted by Crippen LogP contribution is 2.19. The fourth-order valence-corrected chi connectivity index (χ4v) is 4.28. The minimum atomic E-state index is -0.329. The molecule has 0 radical (unpaired) electrons. The van der Waals surface area contributed by atoms with Gasteiger partial charge in [-0.1, -0.05) is 64.0 Å². The van der Waals surface area contributed by atoms with Crippen molar-refractivity contribution in [1.82, 2.24) is 14.9 Å². The van der Waals surface area contributed by atoms with E-state index >= 15 is 0 Å². The van der Waals surface area contributed by atoms with Gasteiger partial charge in [-0.3, -0.25) is 4.79 Å². The number of benzene rings is 2. The summed E-state index contributed by atoms with van der Waals surface area (Å²) in [6, 6.07) is 14.1. The Morgan fingerprint density at radius 1 is 0.879 bits per heavy atom. The van der Waals surface area contributed by atoms with Crippen molar-refractivity contribution in [2.75, 3.05) is 6.54 Å². The molecule has 1 N–H and O–H groups in total. The van der Waals surface area contributed by atoms with Crippen molar-refractivity contribution >= 4 is 16.9 Å². The maximum atomic E-state index is 13.0. The monoisotopic (exact) mass is 451 g/mol. The molecule has 1 amide bonds. The van der Waals surface area contributed by atoms with Crippen molar-refractivity contribution in [3.63, 3.8) is 0 Å². The fourth-order valence-electron chi connectivity index (χ4n) is 4.28. The van der Waals surface area contributed by atoms with Crippen molar-refractivity contribution in [3.8, 4) is 0 Å². The van der Waals surface area contributed by atoms with Gasteiger partial charge in [-0.25, -0.2) is 9.37 Å². The summed E-state index contributed by atoms with van der Waals surface area (Å²) in [6.07, 6.45) is 13.1. The number of rotatable bonds is 15. The highest BCUT2D eigenvalue weighted by molar-refractivity contribution is 5.94. The molecule has 0 unspecified atom stereocenters. The second-order valence-corrected chi connectivity index (χ2v) is 8.86. The van der Waals surface area contributed by atoms with Gasteiger partial charge in [0.1, 0.15) is 11.6 Å². The predicted molar refractivity (Wildman–Crippen MR) is 134 cm³/mol. The number of para-hydroxylation sites is 2. The zero-order valence-corrected chi connectivity index (χ0v) is 20.0. The Kier molecular flexibility index (Phi) is 10.4. The molecule has 0 aliphatic carbocycles. The zero-order chi connectivity index (χ0) is 23.3. The second kappa shape index (κ2) is 13.8. The third-order valence-electron chi connectivity index (χ3n) is 6.19. The van der Waals surface area contributed by atoms with Crippen LogP contribution in [-0.2, 0) is 13.0 Å². The Morgan fingerprint density at radius 3 is 2.36 bits per heavy atom. The standard InChI is InChI=1S/C28H38FN3O/c1-2-3-4-5-6-7-13-22-32-26-15-11-10-14-25(26)31-27(32)16-9-8-12-21-30-28(33)23-17-19-24(29)20-18-23/h10-11,14-15,17-20H,2-9,12-13,16,21-22H2,1H3,(H,30,33). The van der Waals surface area contributed by atoms with E-state index in [0.29, 0.717) is 12.1 Å². The number of carbonyl (C=O) groups is 1. The Hall–Kier alpha value is -2.69. The number of nitrogens with zero attached hydrogens (tertiary/aromatic N) is 2. The molecule has 33 heavy (non-hydrogen) atoms. The SMILES string of the molecule is CCCCCCCCCn1c(CCCCCNC(=O)c2ccc(F)cc2)nc2ccccc21. The van der Waals surface area contributed by atoms with E-state index in [-0.39, 0.29) is 11.7 Å². The van der Waals surface area contributed by atoms with Gasteiger partial charge in [0, 0.05) is 25.1 Å². The Morgan fingerprint density at radius 2 is 1.58 bits per heavy atom. The van der Waals surface area contributed by atoms with Crippen LogP contribution in [0.25, 0.3) is 11.0 Å². The van der Waals surface area contributed by atoms with Crippen LogP contribution in [0.3, 0.4) is 0 Å². The molecular formula is C28H38FN3O. The molecule has 3 aromatic rings. The van der Waals surface area contributed by atoms with Crippen LogP contribution in [0.1, 0.15) is 87.3 Å². The Bertz CT molecular complexity index is 980. The number of hydrogen-bond acceptors (Lipinski definition) is 2. The van der Waals surface area contributed by atoms with E-state index in [1.54, 1.807) is 0 Å². The lowest BCUT2D eigenvalue weighted by Gasteiger charge is -2.10. The molecule has 0 aliphatic heterocycles. The first kappa shape index (κ1) is 24.9. The Balaban J connectivity index is 1.41. The van der Waals surface area contributed by atoms with Crippen LogP contribution in [0.4, 0.5) is 4.39 Å². The third kappa shape index (κ3) is 7.99. The highest BCUT2D eigenvalue weighted by Gasteiger charge is 2.10. The number of aryl methyl sites for hydroxylation is 2. The lowest BCUT2D eigenvalue weighted by Crippen LogP contribution is -2.24. The first-order valence-electron chi connectivity index (χ1n) is 12.7. The van der Waals surface area contributed by atoms with E-state index in [2.05, 4.69) is 41.1 Å². The molecule has 1 aromatic heterocycles. The molecule has 178 valence electrons. The van der Waals surface area contributed by atoms with Gasteiger partial charge >= 0.3 is 0 Å². The van der Waals surface area contributed by atoms with Gasteiger partial charge < -0.3 is 9.88 Å². The van der Waals surface area contributed by atoms with Crippen molar-refractivity contribution in [2.24, 2.45) is 0 Å². The number of imidazole rings is 1. The molecule has 5 heteroatoms. The zero-order valence-electron chi connectivity index (χ0n) is 20.0. The maximum absolute atomic E-state index is 13.0. The third-order valence-corrected chi connectivity index (χ3v) is 6.19. The normalized spacial score (nSPS) is 11.2. The summed E-state index contributed by atoms with van der Waals surface area (Å²) < 4.78 is 15.4. The van der Waals surface area contributed by atoms with Crippen molar-refractivity contribution < 1.29 is 9.18 Å². The van der Waals surface area contributed by atoms with Crippen LogP contribution < -0.4 is 5.32 Å². The van der Waals surface area contributed by atoms with Gasteiger partial charge in [0.15, 0.2) is 0 Å². The number of amides is 1. The predicted octanol–water partition coefficient (Wildman–Crippen LogP) is 7.07. The maximum Gasteiger partial charge on any atom is 0.251 e. The largest absolute Gasteiger partial charge is 0.352 e. The summed E-state index contributed by atoms with van der Waals surface area (Å²) in [4.78, 5) is 17.0. The van der Waals surface area contributed by atoms with E-state index in [4.69, 9.17) is 4.98 Å². The van der Waals surface area contributed by atoms with Gasteiger partial charge in [0.2, 0.25) is 0 Å². The topological polar surface area (TPSA) is 46.9 Å². The minimum absolute atomic E-state index is 0.147. The van der Waals surface area contributed by atoms with Gasteiger partial charge in [0.05, 0.1) is 11.0 Å². The number of hydrogen-bond donors (Lipinski definition) is 1. The molecule has 0 saturated heterocycles. The summed E-state index contributed by atoms with van der Waals surface area (Å²) in [5.41, 5.74) is 2.82. The van der Waals surface area contributed by atoms with E-state index < -0.39 is 0 Å². The van der Waals surface area contributed by atoms with Crippen molar-refractivity contribution in [2.45, 2.75) is 84.1 Å². The van der Waals surface area contributed by atoms with Crippen LogP contribution in [0, 0.1) is 5.82 Å². The number of nitrogens with one attached hydrogen (secondary N) is 1. The van der Waals surface area contributed by atoms with Crippen LogP contribution in [0.2, 0.25) is 0 Å². The molecule has 0 bridgehead atoms. The van der Waals surface area contributed by atoms with Crippen LogP contribution in [0.15, 0.2) is 48.5 Å². The quantitative estimate of drug-likeness (QED) is 0.251. The fraction of sp³-hybridized carbons (Fsp3) is 0.500. The lowest BCUT2D eigenvalue weighted by molar-refractivity contribution is 0.0953. The summed E-state index contributed by atoms with van der Waals surface area (Å²) in [7, 11) is 0. The smallest absolute Gasteiger partial charge is 0.251 e. The number of carbonyl (C=O) groups excluding carboxylic acids is 1. The summed E-state index contributed by atoms with van der Waals surface area (Å²) in [5, 5.41) is 2.92. The molecule has 0 atom stereocenters. The van der Waals surface area contributed by atoms with Crippen LogP contribution in [-0.4, -0.2) is 22.0 Å². The summed E-state index contributed by atoms with van der Waals surface area (Å²) in [6.45, 7) is 3.93. The number of aromatic nitrogens is 2. The van der Waals surface area contributed by atoms with E-state index in [1.807, 2.05) is 0 Å². The number of halogens is 1. The van der Waals surface area contributed by atoms with E-state index in [0.717, 1.165) is 37.7 Å². The molecule has 0 fully saturated rings. The van der Waals surface area contributed by atoms with Gasteiger partial charge in [0.25, 0.3) is 5.91 Å². The van der Waals surface area contributed by atoms with Crippen molar-refractivity contribution in [3.05, 3.63) is 65.7 Å². The molecule has 0 spiro atoms. The van der Waals surface area contributed by atoms with Gasteiger partial charge in [-0.2, -0.15) is 0 Å². The lowest BCUT2D eigenvalue weighted by atomic mass is 10.1. The summed E-state index contributed by atoms with van der Waals surface area (Å²) in [5.74, 6) is 0.702. The molecular weight excluding hydrogens is 413 g/mol. The highest BCUT2D eigenvalue weighted by atomic mass is 19.1. The molecule has 3 rings (SSSR count). The van der Waals surface area contributed by atoms with Gasteiger partial charge in [-0.15, -0.1) is 0 Å². The molecule has 2 aromatic carbocycles. The van der Waals surface area contributed by atoms with E-state index in [9.17, 15) is 9.18 Å². The first-order chi connectivity index (χ1) is 16.2. The molecule has 0 saturated carbocycles. The van der Waals surface area contributed by atoms with Crippen LogP contribution >= 0.6 is 0 Å². The second-order valence-electron chi connectivity index (χ2n) is 8.86. The number of unbranched alkanes of at least 4 members (excludes halogenated alkanes) is 8. The molecule has 0 aliphatic rings. The van der Waals surface area contributed by atoms with Crippen molar-refractivity contribution in [1.29, 1.82) is 0 Å². The molecule has 4 nitrogen and oxygen atoms in total. The van der Waals surface area contributed by atoms with Gasteiger partial charge in [-0.05, 0) is 55.7 Å².